The van der Waals surface area contributed by atoms with Gasteiger partial charge in [0.15, 0.2) is 11.5 Å². The first-order valence-corrected chi connectivity index (χ1v) is 8.54. The van der Waals surface area contributed by atoms with E-state index < -0.39 is 0 Å². The number of carbonyl (C=O) groups excluding carboxylic acids is 2. The van der Waals surface area contributed by atoms with Gasteiger partial charge in [0.2, 0.25) is 18.6 Å². The molecule has 1 N–H and O–H groups in total. The minimum atomic E-state index is -0.230. The third kappa shape index (κ3) is 4.67. The minimum absolute atomic E-state index is 0.0114. The van der Waals surface area contributed by atoms with Crippen LogP contribution in [0.3, 0.4) is 0 Å². The number of benzene rings is 2. The van der Waals surface area contributed by atoms with Gasteiger partial charge in [0.1, 0.15) is 0 Å². The lowest BCUT2D eigenvalue weighted by atomic mass is 10.2. The molecule has 0 aliphatic carbocycles. The average Bonchev–Trinajstić information content (AvgIpc) is 3.09. The number of rotatable bonds is 6. The van der Waals surface area contributed by atoms with E-state index in [9.17, 15) is 9.59 Å². The molecule has 0 bridgehead atoms. The van der Waals surface area contributed by atoms with Crippen LogP contribution in [0.15, 0.2) is 42.5 Å². The molecular formula is C19H19ClN2O4. The van der Waals surface area contributed by atoms with Gasteiger partial charge in [0.25, 0.3) is 0 Å². The molecule has 0 spiro atoms. The Kier molecular flexibility index (Phi) is 5.63. The van der Waals surface area contributed by atoms with E-state index in [-0.39, 0.29) is 25.2 Å². The van der Waals surface area contributed by atoms with Crippen molar-refractivity contribution in [2.75, 3.05) is 13.3 Å². The van der Waals surface area contributed by atoms with Crippen LogP contribution in [0.25, 0.3) is 0 Å². The molecule has 26 heavy (non-hydrogen) atoms. The highest BCUT2D eigenvalue weighted by molar-refractivity contribution is 6.30. The van der Waals surface area contributed by atoms with E-state index in [4.69, 9.17) is 21.1 Å². The second-order valence-corrected chi connectivity index (χ2v) is 6.40. The van der Waals surface area contributed by atoms with Crippen molar-refractivity contribution in [1.29, 1.82) is 0 Å². The van der Waals surface area contributed by atoms with Crippen molar-refractivity contribution in [3.05, 3.63) is 58.6 Å². The summed E-state index contributed by atoms with van der Waals surface area (Å²) in [4.78, 5) is 25.6. The molecule has 3 rings (SSSR count). The SMILES string of the molecule is CC(=O)N(CC(=O)NCc1ccc2c(c1)OCO2)Cc1ccc(Cl)cc1. The van der Waals surface area contributed by atoms with Gasteiger partial charge in [-0.1, -0.05) is 29.8 Å². The Labute approximate surface area is 156 Å². The van der Waals surface area contributed by atoms with E-state index in [1.54, 1.807) is 12.1 Å². The molecule has 7 heteroatoms. The number of nitrogens with zero attached hydrogens (tertiary/aromatic N) is 1. The molecule has 0 fully saturated rings. The fraction of sp³-hybridized carbons (Fsp3) is 0.263. The molecule has 0 saturated carbocycles. The summed E-state index contributed by atoms with van der Waals surface area (Å²) in [6, 6.07) is 12.7. The highest BCUT2D eigenvalue weighted by atomic mass is 35.5. The average molecular weight is 375 g/mol. The van der Waals surface area contributed by atoms with Crippen LogP contribution in [-0.2, 0) is 22.7 Å². The third-order valence-corrected chi connectivity index (χ3v) is 4.25. The van der Waals surface area contributed by atoms with Gasteiger partial charge in [-0.25, -0.2) is 0 Å². The van der Waals surface area contributed by atoms with E-state index in [1.807, 2.05) is 30.3 Å². The van der Waals surface area contributed by atoms with Crippen molar-refractivity contribution in [2.45, 2.75) is 20.0 Å². The molecule has 0 unspecified atom stereocenters. The van der Waals surface area contributed by atoms with Crippen molar-refractivity contribution in [3.63, 3.8) is 0 Å². The first kappa shape index (κ1) is 18.1. The summed E-state index contributed by atoms with van der Waals surface area (Å²) in [5, 5.41) is 3.45. The molecule has 2 aromatic rings. The Balaban J connectivity index is 1.54. The highest BCUT2D eigenvalue weighted by Crippen LogP contribution is 2.32. The zero-order valence-electron chi connectivity index (χ0n) is 14.3. The molecule has 0 saturated heterocycles. The summed E-state index contributed by atoms with van der Waals surface area (Å²) >= 11 is 5.87. The van der Waals surface area contributed by atoms with Crippen LogP contribution in [-0.4, -0.2) is 30.1 Å². The summed E-state index contributed by atoms with van der Waals surface area (Å²) in [5.74, 6) is 0.973. The van der Waals surface area contributed by atoms with E-state index in [2.05, 4.69) is 5.32 Å². The normalized spacial score (nSPS) is 11.9. The van der Waals surface area contributed by atoms with Gasteiger partial charge < -0.3 is 19.7 Å². The zero-order valence-corrected chi connectivity index (χ0v) is 15.1. The van der Waals surface area contributed by atoms with Crippen LogP contribution in [0.2, 0.25) is 5.02 Å². The summed E-state index contributed by atoms with van der Waals surface area (Å²) < 4.78 is 10.6. The second kappa shape index (κ2) is 8.10. The zero-order chi connectivity index (χ0) is 18.5. The van der Waals surface area contributed by atoms with Gasteiger partial charge in [0, 0.05) is 25.0 Å². The molecule has 1 aliphatic heterocycles. The fourth-order valence-corrected chi connectivity index (χ4v) is 2.70. The maximum Gasteiger partial charge on any atom is 0.239 e. The van der Waals surface area contributed by atoms with E-state index in [0.29, 0.717) is 29.6 Å². The van der Waals surface area contributed by atoms with Crippen LogP contribution in [0.4, 0.5) is 0 Å². The predicted molar refractivity (Wildman–Crippen MR) is 97.0 cm³/mol. The molecule has 0 aromatic heterocycles. The molecule has 0 radical (unpaired) electrons. The molecule has 2 amide bonds. The lowest BCUT2D eigenvalue weighted by Gasteiger charge is -2.20. The molecule has 1 heterocycles. The van der Waals surface area contributed by atoms with Crippen LogP contribution >= 0.6 is 11.6 Å². The van der Waals surface area contributed by atoms with Gasteiger partial charge in [-0.15, -0.1) is 0 Å². The van der Waals surface area contributed by atoms with Crippen molar-refractivity contribution in [3.8, 4) is 11.5 Å². The molecule has 136 valence electrons. The van der Waals surface area contributed by atoms with Crippen LogP contribution in [0.1, 0.15) is 18.1 Å². The van der Waals surface area contributed by atoms with Crippen LogP contribution in [0.5, 0.6) is 11.5 Å². The Morgan fingerprint density at radius 3 is 2.50 bits per heavy atom. The van der Waals surface area contributed by atoms with Crippen molar-refractivity contribution in [1.82, 2.24) is 10.2 Å². The fourth-order valence-electron chi connectivity index (χ4n) is 2.57. The molecule has 6 nitrogen and oxygen atoms in total. The smallest absolute Gasteiger partial charge is 0.239 e. The van der Waals surface area contributed by atoms with Crippen molar-refractivity contribution >= 4 is 23.4 Å². The first-order chi connectivity index (χ1) is 12.5. The number of carbonyl (C=O) groups is 2. The summed E-state index contributed by atoms with van der Waals surface area (Å²) in [7, 11) is 0. The predicted octanol–water partition coefficient (Wildman–Crippen LogP) is 2.73. The maximum atomic E-state index is 12.2. The third-order valence-electron chi connectivity index (χ3n) is 3.99. The lowest BCUT2D eigenvalue weighted by molar-refractivity contribution is -0.135. The van der Waals surface area contributed by atoms with Gasteiger partial charge in [0.05, 0.1) is 6.54 Å². The largest absolute Gasteiger partial charge is 0.454 e. The Bertz CT molecular complexity index is 808. The van der Waals surface area contributed by atoms with Crippen molar-refractivity contribution in [2.24, 2.45) is 0 Å². The maximum absolute atomic E-state index is 12.2. The Morgan fingerprint density at radius 1 is 1.08 bits per heavy atom. The van der Waals surface area contributed by atoms with Crippen LogP contribution in [0, 0.1) is 0 Å². The van der Waals surface area contributed by atoms with E-state index in [1.165, 1.54) is 11.8 Å². The van der Waals surface area contributed by atoms with Gasteiger partial charge >= 0.3 is 0 Å². The topological polar surface area (TPSA) is 67.9 Å². The number of ether oxygens (including phenoxy) is 2. The quantitative estimate of drug-likeness (QED) is 0.844. The number of halogens is 1. The Hall–Kier alpha value is -2.73. The number of amides is 2. The summed E-state index contributed by atoms with van der Waals surface area (Å²) in [6.07, 6.45) is 0. The molecular weight excluding hydrogens is 356 g/mol. The molecule has 1 aliphatic rings. The standard InChI is InChI=1S/C19H19ClN2O4/c1-13(23)22(10-14-2-5-16(20)6-3-14)11-19(24)21-9-15-4-7-17-18(8-15)26-12-25-17/h2-8H,9-12H2,1H3,(H,21,24). The molecule has 0 atom stereocenters. The molecule has 2 aromatic carbocycles. The van der Waals surface area contributed by atoms with Crippen molar-refractivity contribution < 1.29 is 19.1 Å². The summed E-state index contributed by atoms with van der Waals surface area (Å²) in [6.45, 7) is 2.35. The summed E-state index contributed by atoms with van der Waals surface area (Å²) in [5.41, 5.74) is 1.81. The number of nitrogens with one attached hydrogen (secondary N) is 1. The lowest BCUT2D eigenvalue weighted by Crippen LogP contribution is -2.39. The number of fused-ring (bicyclic) bond motifs is 1. The minimum Gasteiger partial charge on any atom is -0.454 e. The van der Waals surface area contributed by atoms with Crippen LogP contribution < -0.4 is 14.8 Å². The number of hydrogen-bond donors (Lipinski definition) is 1. The van der Waals surface area contributed by atoms with E-state index in [0.717, 1.165) is 11.1 Å². The monoisotopic (exact) mass is 374 g/mol. The first-order valence-electron chi connectivity index (χ1n) is 8.16. The van der Waals surface area contributed by atoms with Gasteiger partial charge in [-0.3, -0.25) is 9.59 Å². The van der Waals surface area contributed by atoms with Gasteiger partial charge in [-0.2, -0.15) is 0 Å². The van der Waals surface area contributed by atoms with Gasteiger partial charge in [-0.05, 0) is 35.4 Å². The second-order valence-electron chi connectivity index (χ2n) is 5.97. The van der Waals surface area contributed by atoms with E-state index >= 15 is 0 Å². The Morgan fingerprint density at radius 2 is 1.77 bits per heavy atom. The highest BCUT2D eigenvalue weighted by Gasteiger charge is 2.16. The number of hydrogen-bond acceptors (Lipinski definition) is 4.